The first-order valence-electron chi connectivity index (χ1n) is 4.94. The minimum Gasteiger partial charge on any atom is -0.462 e. The number of nitrogens with one attached hydrogen (secondary N) is 2. The highest BCUT2D eigenvalue weighted by Gasteiger charge is 2.16. The minimum atomic E-state index is -0.387. The summed E-state index contributed by atoms with van der Waals surface area (Å²) in [7, 11) is 1.74. The van der Waals surface area contributed by atoms with Crippen LogP contribution in [0.15, 0.2) is 12.4 Å². The molecule has 0 amide bonds. The van der Waals surface area contributed by atoms with Gasteiger partial charge in [0.1, 0.15) is 5.56 Å². The first kappa shape index (κ1) is 10.4. The van der Waals surface area contributed by atoms with E-state index in [1.165, 1.54) is 6.20 Å². The van der Waals surface area contributed by atoms with Crippen molar-refractivity contribution >= 4 is 22.7 Å². The van der Waals surface area contributed by atoms with E-state index in [0.717, 1.165) is 5.39 Å². The molecule has 0 atom stereocenters. The summed E-state index contributed by atoms with van der Waals surface area (Å²) in [4.78, 5) is 15.8. The van der Waals surface area contributed by atoms with Gasteiger partial charge in [0.05, 0.1) is 23.9 Å². The highest BCUT2D eigenvalue weighted by atomic mass is 16.5. The predicted molar refractivity (Wildman–Crippen MR) is 59.4 cm³/mol. The minimum absolute atomic E-state index is 0.339. The average Bonchev–Trinajstić information content (AvgIpc) is 2.75. The molecule has 0 aromatic carbocycles. The molecule has 6 heteroatoms. The Balaban J connectivity index is 2.56. The third kappa shape index (κ3) is 1.58. The van der Waals surface area contributed by atoms with E-state index in [1.807, 2.05) is 0 Å². The van der Waals surface area contributed by atoms with Crippen LogP contribution in [0.1, 0.15) is 17.3 Å². The van der Waals surface area contributed by atoms with Crippen molar-refractivity contribution in [2.75, 3.05) is 19.0 Å². The zero-order valence-corrected chi connectivity index (χ0v) is 9.07. The number of rotatable bonds is 3. The second-order valence-electron chi connectivity index (χ2n) is 3.15. The van der Waals surface area contributed by atoms with E-state index in [0.29, 0.717) is 23.5 Å². The summed E-state index contributed by atoms with van der Waals surface area (Å²) in [5.41, 5.74) is 1.73. The first-order valence-corrected chi connectivity index (χ1v) is 4.94. The average molecular weight is 220 g/mol. The van der Waals surface area contributed by atoms with E-state index in [9.17, 15) is 4.79 Å². The smallest absolute Gasteiger partial charge is 0.341 e. The van der Waals surface area contributed by atoms with Crippen LogP contribution in [0.3, 0.4) is 0 Å². The van der Waals surface area contributed by atoms with Gasteiger partial charge >= 0.3 is 5.97 Å². The number of anilines is 1. The van der Waals surface area contributed by atoms with Crippen molar-refractivity contribution in [1.29, 1.82) is 0 Å². The zero-order valence-electron chi connectivity index (χ0n) is 9.07. The number of aromatic nitrogens is 3. The van der Waals surface area contributed by atoms with Gasteiger partial charge in [-0.1, -0.05) is 0 Å². The Bertz CT molecular complexity index is 521. The fourth-order valence-electron chi connectivity index (χ4n) is 1.53. The summed E-state index contributed by atoms with van der Waals surface area (Å²) >= 11 is 0. The molecule has 0 radical (unpaired) electrons. The van der Waals surface area contributed by atoms with E-state index in [2.05, 4.69) is 20.5 Å². The second kappa shape index (κ2) is 4.18. The van der Waals surface area contributed by atoms with Gasteiger partial charge in [-0.25, -0.2) is 9.78 Å². The monoisotopic (exact) mass is 220 g/mol. The number of fused-ring (bicyclic) bond motifs is 1. The SMILES string of the molecule is CCOC(=O)c1cnc2[nH]ncc2c1NC. The van der Waals surface area contributed by atoms with Crippen LogP contribution >= 0.6 is 0 Å². The molecule has 0 aliphatic heterocycles. The molecule has 0 aliphatic carbocycles. The number of carbonyl (C=O) groups is 1. The Morgan fingerprint density at radius 1 is 1.56 bits per heavy atom. The quantitative estimate of drug-likeness (QED) is 0.759. The number of nitrogens with zero attached hydrogens (tertiary/aromatic N) is 2. The van der Waals surface area contributed by atoms with Gasteiger partial charge in [0.25, 0.3) is 0 Å². The van der Waals surface area contributed by atoms with Crippen LogP contribution in [0.4, 0.5) is 5.69 Å². The van der Waals surface area contributed by atoms with Gasteiger partial charge in [-0.05, 0) is 6.92 Å². The van der Waals surface area contributed by atoms with E-state index < -0.39 is 0 Å². The van der Waals surface area contributed by atoms with Crippen LogP contribution in [-0.2, 0) is 4.74 Å². The molecule has 84 valence electrons. The maximum absolute atomic E-state index is 11.7. The molecule has 0 spiro atoms. The lowest BCUT2D eigenvalue weighted by Gasteiger charge is -2.08. The number of pyridine rings is 1. The molecule has 2 N–H and O–H groups in total. The van der Waals surface area contributed by atoms with Crippen molar-refractivity contribution in [3.8, 4) is 0 Å². The Kier molecular flexibility index (Phi) is 2.72. The molecule has 2 heterocycles. The fraction of sp³-hybridized carbons (Fsp3) is 0.300. The lowest BCUT2D eigenvalue weighted by molar-refractivity contribution is 0.0527. The fourth-order valence-corrected chi connectivity index (χ4v) is 1.53. The van der Waals surface area contributed by atoms with Crippen molar-refractivity contribution in [3.05, 3.63) is 18.0 Å². The van der Waals surface area contributed by atoms with Crippen molar-refractivity contribution in [1.82, 2.24) is 15.2 Å². The van der Waals surface area contributed by atoms with Gasteiger partial charge < -0.3 is 10.1 Å². The Morgan fingerprint density at radius 3 is 3.06 bits per heavy atom. The molecule has 0 bridgehead atoms. The third-order valence-corrected chi connectivity index (χ3v) is 2.23. The normalized spacial score (nSPS) is 10.4. The first-order chi connectivity index (χ1) is 7.77. The number of hydrogen-bond acceptors (Lipinski definition) is 5. The van der Waals surface area contributed by atoms with Crippen molar-refractivity contribution in [2.45, 2.75) is 6.92 Å². The van der Waals surface area contributed by atoms with Gasteiger partial charge in [0.2, 0.25) is 0 Å². The number of H-pyrrole nitrogens is 1. The topological polar surface area (TPSA) is 79.9 Å². The van der Waals surface area contributed by atoms with Crippen LogP contribution in [0.5, 0.6) is 0 Å². The van der Waals surface area contributed by atoms with Crippen LogP contribution in [0.25, 0.3) is 11.0 Å². The van der Waals surface area contributed by atoms with Gasteiger partial charge in [-0.3, -0.25) is 5.10 Å². The van der Waals surface area contributed by atoms with Gasteiger partial charge in [0, 0.05) is 13.2 Å². The summed E-state index contributed by atoms with van der Waals surface area (Å²) in [6.07, 6.45) is 3.10. The van der Waals surface area contributed by atoms with Gasteiger partial charge in [0.15, 0.2) is 5.65 Å². The van der Waals surface area contributed by atoms with E-state index in [-0.39, 0.29) is 5.97 Å². The summed E-state index contributed by atoms with van der Waals surface area (Å²) in [5, 5.41) is 10.4. The molecule has 0 saturated carbocycles. The van der Waals surface area contributed by atoms with Crippen LogP contribution in [-0.4, -0.2) is 34.8 Å². The van der Waals surface area contributed by atoms with Gasteiger partial charge in [-0.15, -0.1) is 0 Å². The lowest BCUT2D eigenvalue weighted by Crippen LogP contribution is -2.08. The zero-order chi connectivity index (χ0) is 11.5. The Morgan fingerprint density at radius 2 is 2.38 bits per heavy atom. The molecule has 0 unspecified atom stereocenters. The molecule has 6 nitrogen and oxygen atoms in total. The van der Waals surface area contributed by atoms with Crippen molar-refractivity contribution in [3.63, 3.8) is 0 Å². The van der Waals surface area contributed by atoms with Gasteiger partial charge in [-0.2, -0.15) is 5.10 Å². The number of esters is 1. The van der Waals surface area contributed by atoms with Crippen molar-refractivity contribution in [2.24, 2.45) is 0 Å². The summed E-state index contributed by atoms with van der Waals surface area (Å²) in [5.74, 6) is -0.387. The molecule has 2 rings (SSSR count). The summed E-state index contributed by atoms with van der Waals surface area (Å²) < 4.78 is 4.95. The summed E-state index contributed by atoms with van der Waals surface area (Å²) in [6, 6.07) is 0. The molecule has 16 heavy (non-hydrogen) atoms. The maximum atomic E-state index is 11.7. The molecule has 0 saturated heterocycles. The standard InChI is InChI=1S/C10H12N4O2/c1-3-16-10(15)7-4-12-9-6(5-13-14-9)8(7)11-2/h4-5H,3H2,1-2H3,(H2,11,12,13,14). The second-order valence-corrected chi connectivity index (χ2v) is 3.15. The van der Waals surface area contributed by atoms with Crippen LogP contribution in [0.2, 0.25) is 0 Å². The predicted octanol–water partition coefficient (Wildman–Crippen LogP) is 1.18. The highest BCUT2D eigenvalue weighted by molar-refractivity contribution is 6.03. The maximum Gasteiger partial charge on any atom is 0.341 e. The van der Waals surface area contributed by atoms with Crippen molar-refractivity contribution < 1.29 is 9.53 Å². The number of carbonyl (C=O) groups excluding carboxylic acids is 1. The molecule has 0 fully saturated rings. The third-order valence-electron chi connectivity index (χ3n) is 2.23. The molecule has 2 aromatic heterocycles. The highest BCUT2D eigenvalue weighted by Crippen LogP contribution is 2.24. The number of aromatic amines is 1. The number of ether oxygens (including phenoxy) is 1. The van der Waals surface area contributed by atoms with E-state index in [1.54, 1.807) is 20.2 Å². The molecular weight excluding hydrogens is 208 g/mol. The van der Waals surface area contributed by atoms with Crippen LogP contribution in [0, 0.1) is 0 Å². The van der Waals surface area contributed by atoms with Crippen LogP contribution < -0.4 is 5.32 Å². The Labute approximate surface area is 92.0 Å². The lowest BCUT2D eigenvalue weighted by atomic mass is 10.2. The largest absolute Gasteiger partial charge is 0.462 e. The van der Waals surface area contributed by atoms with E-state index in [4.69, 9.17) is 4.74 Å². The molecule has 0 aliphatic rings. The number of hydrogen-bond donors (Lipinski definition) is 2. The summed E-state index contributed by atoms with van der Waals surface area (Å²) in [6.45, 7) is 2.10. The molecular formula is C10H12N4O2. The molecule has 2 aromatic rings. The van der Waals surface area contributed by atoms with E-state index >= 15 is 0 Å². The Hall–Kier alpha value is -2.11.